The average Bonchev–Trinajstić information content (AvgIpc) is 3.14. The van der Waals surface area contributed by atoms with Gasteiger partial charge in [-0.25, -0.2) is 4.39 Å². The van der Waals surface area contributed by atoms with Crippen LogP contribution in [0.1, 0.15) is 27.9 Å². The number of hydrogen-bond donors (Lipinski definition) is 0. The summed E-state index contributed by atoms with van der Waals surface area (Å²) < 4.78 is 54.6. The summed E-state index contributed by atoms with van der Waals surface area (Å²) in [6.45, 7) is 0. The molecule has 0 unspecified atom stereocenters. The Bertz CT molecular complexity index is 1010. The Labute approximate surface area is 149 Å². The molecule has 136 valence electrons. The van der Waals surface area contributed by atoms with Gasteiger partial charge in [-0.2, -0.15) is 23.4 Å². The number of aromatic nitrogens is 3. The van der Waals surface area contributed by atoms with Gasteiger partial charge in [-0.15, -0.1) is 0 Å². The summed E-state index contributed by atoms with van der Waals surface area (Å²) in [4.78, 5) is 19.5. The molecule has 3 aromatic rings. The molecule has 1 aromatic carbocycles. The molecule has 0 N–H and O–H groups in total. The quantitative estimate of drug-likeness (QED) is 0.508. The van der Waals surface area contributed by atoms with E-state index in [1.807, 2.05) is 0 Å². The molecular weight excluding hydrogens is 368 g/mol. The van der Waals surface area contributed by atoms with Gasteiger partial charge in [0.25, 0.3) is 0 Å². The van der Waals surface area contributed by atoms with Crippen LogP contribution in [0, 0.1) is 17.1 Å². The molecule has 2 aromatic heterocycles. The van der Waals surface area contributed by atoms with Crippen LogP contribution < -0.4 is 0 Å². The minimum atomic E-state index is -4.76. The van der Waals surface area contributed by atoms with Gasteiger partial charge >= 0.3 is 12.1 Å². The number of benzene rings is 1. The maximum Gasteiger partial charge on any atom is 0.471 e. The van der Waals surface area contributed by atoms with E-state index < -0.39 is 29.6 Å². The molecule has 0 bridgehead atoms. The van der Waals surface area contributed by atoms with Gasteiger partial charge in [-0.3, -0.25) is 9.78 Å². The van der Waals surface area contributed by atoms with Crippen LogP contribution in [0.3, 0.4) is 0 Å². The SMILES string of the molecule is N#C[C@@H](C(=O)c1ccc(-c2noc(C(F)(F)F)n2)cc1)c1ccc(F)cn1. The van der Waals surface area contributed by atoms with Gasteiger partial charge in [0, 0.05) is 11.1 Å². The molecule has 1 atom stereocenters. The molecule has 0 spiro atoms. The van der Waals surface area contributed by atoms with E-state index in [4.69, 9.17) is 0 Å². The molecule has 10 heteroatoms. The molecular formula is C17H8F4N4O2. The fraction of sp³-hybridized carbons (Fsp3) is 0.118. The maximum absolute atomic E-state index is 12.9. The van der Waals surface area contributed by atoms with Crippen molar-refractivity contribution in [2.45, 2.75) is 12.1 Å². The number of Topliss-reactive ketones (excluding diaryl/α,β-unsaturated/α-hetero) is 1. The summed E-state index contributed by atoms with van der Waals surface area (Å²) in [5.41, 5.74) is 0.399. The molecule has 0 fully saturated rings. The van der Waals surface area contributed by atoms with E-state index in [2.05, 4.69) is 19.6 Å². The third kappa shape index (κ3) is 3.82. The number of carbonyl (C=O) groups excluding carboxylic acids is 1. The summed E-state index contributed by atoms with van der Waals surface area (Å²) in [5, 5.41) is 12.5. The average molecular weight is 376 g/mol. The van der Waals surface area contributed by atoms with Gasteiger partial charge in [0.2, 0.25) is 5.82 Å². The van der Waals surface area contributed by atoms with Gasteiger partial charge < -0.3 is 4.52 Å². The first kappa shape index (κ1) is 18.2. The second-order valence-corrected chi connectivity index (χ2v) is 5.33. The van der Waals surface area contributed by atoms with E-state index in [9.17, 15) is 27.6 Å². The van der Waals surface area contributed by atoms with Crippen molar-refractivity contribution < 1.29 is 26.9 Å². The van der Waals surface area contributed by atoms with Crippen molar-refractivity contribution in [2.75, 3.05) is 0 Å². The monoisotopic (exact) mass is 376 g/mol. The minimum Gasteiger partial charge on any atom is -0.329 e. The van der Waals surface area contributed by atoms with Crippen LogP contribution in [0.15, 0.2) is 47.1 Å². The highest BCUT2D eigenvalue weighted by atomic mass is 19.4. The molecule has 0 aliphatic heterocycles. The number of nitriles is 1. The number of rotatable bonds is 4. The highest BCUT2D eigenvalue weighted by molar-refractivity contribution is 6.02. The van der Waals surface area contributed by atoms with Gasteiger partial charge in [0.15, 0.2) is 11.7 Å². The van der Waals surface area contributed by atoms with Crippen molar-refractivity contribution in [3.8, 4) is 17.5 Å². The summed E-state index contributed by atoms with van der Waals surface area (Å²) >= 11 is 0. The van der Waals surface area contributed by atoms with Crippen molar-refractivity contribution in [1.29, 1.82) is 5.26 Å². The molecule has 3 rings (SSSR count). The minimum absolute atomic E-state index is 0.0842. The third-order valence-corrected chi connectivity index (χ3v) is 3.53. The maximum atomic E-state index is 12.9. The zero-order valence-electron chi connectivity index (χ0n) is 13.2. The molecule has 0 saturated heterocycles. The standard InChI is InChI=1S/C17H8F4N4O2/c18-11-5-6-13(23-8-11)12(7-22)14(26)9-1-3-10(4-2-9)15-24-16(27-25-15)17(19,20)21/h1-6,8,12H/t12-/m1/s1. The first-order valence-electron chi connectivity index (χ1n) is 7.36. The van der Waals surface area contributed by atoms with Crippen LogP contribution in [0.25, 0.3) is 11.4 Å². The number of alkyl halides is 3. The zero-order valence-corrected chi connectivity index (χ0v) is 13.2. The number of nitrogens with zero attached hydrogens (tertiary/aromatic N) is 4. The predicted octanol–water partition coefficient (Wildman–Crippen LogP) is 3.78. The van der Waals surface area contributed by atoms with Crippen molar-refractivity contribution in [2.24, 2.45) is 0 Å². The Morgan fingerprint density at radius 2 is 1.85 bits per heavy atom. The van der Waals surface area contributed by atoms with Gasteiger partial charge in [-0.05, 0) is 12.1 Å². The topological polar surface area (TPSA) is 92.7 Å². The van der Waals surface area contributed by atoms with Crippen molar-refractivity contribution in [3.05, 3.63) is 65.6 Å². The van der Waals surface area contributed by atoms with E-state index in [-0.39, 0.29) is 22.6 Å². The molecule has 0 aliphatic carbocycles. The summed E-state index contributed by atoms with van der Waals surface area (Å²) in [6, 6.07) is 9.39. The van der Waals surface area contributed by atoms with Crippen LogP contribution in [-0.2, 0) is 6.18 Å². The van der Waals surface area contributed by atoms with Gasteiger partial charge in [-0.1, -0.05) is 29.4 Å². The van der Waals surface area contributed by atoms with Gasteiger partial charge in [0.05, 0.1) is 18.0 Å². The number of halogens is 4. The van der Waals surface area contributed by atoms with E-state index in [0.717, 1.165) is 12.3 Å². The summed E-state index contributed by atoms with van der Waals surface area (Å²) in [7, 11) is 0. The Balaban J connectivity index is 1.84. The lowest BCUT2D eigenvalue weighted by molar-refractivity contribution is -0.159. The molecule has 0 radical (unpaired) electrons. The lowest BCUT2D eigenvalue weighted by atomic mass is 9.95. The number of hydrogen-bond acceptors (Lipinski definition) is 6. The Kier molecular flexibility index (Phi) is 4.68. The highest BCUT2D eigenvalue weighted by Crippen LogP contribution is 2.29. The fourth-order valence-corrected chi connectivity index (χ4v) is 2.22. The second-order valence-electron chi connectivity index (χ2n) is 5.33. The zero-order chi connectivity index (χ0) is 19.6. The van der Waals surface area contributed by atoms with Crippen LogP contribution in [0.4, 0.5) is 17.6 Å². The van der Waals surface area contributed by atoms with Crippen molar-refractivity contribution in [1.82, 2.24) is 15.1 Å². The fourth-order valence-electron chi connectivity index (χ4n) is 2.22. The van der Waals surface area contributed by atoms with E-state index in [1.165, 1.54) is 30.3 Å². The van der Waals surface area contributed by atoms with Crippen molar-refractivity contribution >= 4 is 5.78 Å². The summed E-state index contributed by atoms with van der Waals surface area (Å²) in [6.07, 6.45) is -3.87. The van der Waals surface area contributed by atoms with Crippen LogP contribution >= 0.6 is 0 Å². The molecule has 0 aliphatic rings. The lowest BCUT2D eigenvalue weighted by Gasteiger charge is -2.08. The summed E-state index contributed by atoms with van der Waals surface area (Å²) in [5.74, 6) is -4.22. The number of ketones is 1. The van der Waals surface area contributed by atoms with Crippen LogP contribution in [0.2, 0.25) is 0 Å². The molecule has 6 nitrogen and oxygen atoms in total. The van der Waals surface area contributed by atoms with E-state index >= 15 is 0 Å². The van der Waals surface area contributed by atoms with Crippen LogP contribution in [0.5, 0.6) is 0 Å². The molecule has 0 amide bonds. The van der Waals surface area contributed by atoms with E-state index in [0.29, 0.717) is 0 Å². The van der Waals surface area contributed by atoms with E-state index in [1.54, 1.807) is 6.07 Å². The lowest BCUT2D eigenvalue weighted by Crippen LogP contribution is -2.12. The van der Waals surface area contributed by atoms with Gasteiger partial charge in [0.1, 0.15) is 5.82 Å². The second kappa shape index (κ2) is 6.95. The Hall–Kier alpha value is -3.61. The normalized spacial score (nSPS) is 12.4. The largest absolute Gasteiger partial charge is 0.471 e. The first-order valence-corrected chi connectivity index (χ1v) is 7.36. The number of carbonyl (C=O) groups is 1. The number of pyridine rings is 1. The Morgan fingerprint density at radius 3 is 2.37 bits per heavy atom. The Morgan fingerprint density at radius 1 is 1.15 bits per heavy atom. The highest BCUT2D eigenvalue weighted by Gasteiger charge is 2.38. The van der Waals surface area contributed by atoms with Crippen molar-refractivity contribution in [3.63, 3.8) is 0 Å². The predicted molar refractivity (Wildman–Crippen MR) is 81.6 cm³/mol. The third-order valence-electron chi connectivity index (χ3n) is 3.53. The molecule has 2 heterocycles. The molecule has 0 saturated carbocycles. The molecule has 27 heavy (non-hydrogen) atoms. The smallest absolute Gasteiger partial charge is 0.329 e. The van der Waals surface area contributed by atoms with Crippen LogP contribution in [-0.4, -0.2) is 20.9 Å². The first-order chi connectivity index (χ1) is 12.8.